The van der Waals surface area contributed by atoms with Crippen molar-refractivity contribution < 1.29 is 4.42 Å². The van der Waals surface area contributed by atoms with Crippen molar-refractivity contribution in [1.82, 2.24) is 10.2 Å². The third kappa shape index (κ3) is 2.98. The Morgan fingerprint density at radius 3 is 3.11 bits per heavy atom. The molecule has 0 N–H and O–H groups in total. The Kier molecular flexibility index (Phi) is 4.13. The average molecular weight is 292 g/mol. The first-order valence-electron chi connectivity index (χ1n) is 6.42. The molecule has 0 saturated heterocycles. The topological polar surface area (TPSA) is 38.9 Å². The van der Waals surface area contributed by atoms with Crippen molar-refractivity contribution in [3.05, 3.63) is 41.3 Å². The van der Waals surface area contributed by atoms with Crippen LogP contribution in [-0.4, -0.2) is 16.5 Å². The lowest BCUT2D eigenvalue weighted by Crippen LogP contribution is -2.06. The highest BCUT2D eigenvalue weighted by Gasteiger charge is 2.22. The molecule has 0 radical (unpaired) electrons. The second-order valence-corrected chi connectivity index (χ2v) is 6.61. The van der Waals surface area contributed by atoms with Crippen molar-refractivity contribution in [2.45, 2.75) is 35.5 Å². The average Bonchev–Trinajstić information content (AvgIpc) is 2.87. The van der Waals surface area contributed by atoms with Crippen LogP contribution in [-0.2, 0) is 12.2 Å². The first-order valence-corrected chi connectivity index (χ1v) is 8.70. The van der Waals surface area contributed by atoms with Crippen molar-refractivity contribution >= 4 is 23.5 Å². The minimum atomic E-state index is 0.451. The fourth-order valence-electron chi connectivity index (χ4n) is 2.42. The van der Waals surface area contributed by atoms with Crippen molar-refractivity contribution in [2.24, 2.45) is 0 Å². The zero-order valence-corrected chi connectivity index (χ0v) is 12.5. The van der Waals surface area contributed by atoms with E-state index in [1.807, 2.05) is 6.26 Å². The number of hydrogen-bond acceptors (Lipinski definition) is 5. The van der Waals surface area contributed by atoms with Crippen molar-refractivity contribution in [3.63, 3.8) is 0 Å². The van der Waals surface area contributed by atoms with Crippen molar-refractivity contribution in [2.75, 3.05) is 6.26 Å². The Balaban J connectivity index is 1.76. The van der Waals surface area contributed by atoms with Gasteiger partial charge in [-0.05, 0) is 36.6 Å². The van der Waals surface area contributed by atoms with Crippen LogP contribution >= 0.6 is 23.5 Å². The van der Waals surface area contributed by atoms with Crippen LogP contribution in [0.4, 0.5) is 0 Å². The molecule has 0 aliphatic heterocycles. The van der Waals surface area contributed by atoms with Gasteiger partial charge in [0.15, 0.2) is 0 Å². The molecule has 0 amide bonds. The predicted molar refractivity (Wildman–Crippen MR) is 79.5 cm³/mol. The van der Waals surface area contributed by atoms with Gasteiger partial charge in [-0.2, -0.15) is 11.8 Å². The zero-order chi connectivity index (χ0) is 13.1. The third-order valence-electron chi connectivity index (χ3n) is 3.27. The molecule has 5 heteroatoms. The first kappa shape index (κ1) is 13.1. The van der Waals surface area contributed by atoms with E-state index in [0.717, 1.165) is 11.6 Å². The number of fused-ring (bicyclic) bond motifs is 1. The molecule has 1 heterocycles. The molecule has 100 valence electrons. The van der Waals surface area contributed by atoms with E-state index in [2.05, 4.69) is 34.5 Å². The highest BCUT2D eigenvalue weighted by molar-refractivity contribution is 7.99. The van der Waals surface area contributed by atoms with Crippen LogP contribution in [0, 0.1) is 0 Å². The zero-order valence-electron chi connectivity index (χ0n) is 10.8. The monoisotopic (exact) mass is 292 g/mol. The van der Waals surface area contributed by atoms with Gasteiger partial charge in [0.2, 0.25) is 5.89 Å². The van der Waals surface area contributed by atoms with E-state index in [-0.39, 0.29) is 0 Å². The summed E-state index contributed by atoms with van der Waals surface area (Å²) in [5.74, 6) is 1.51. The molecule has 0 fully saturated rings. The van der Waals surface area contributed by atoms with E-state index >= 15 is 0 Å². The maximum Gasteiger partial charge on any atom is 0.277 e. The Labute approximate surface area is 121 Å². The Hall–Kier alpha value is -0.940. The van der Waals surface area contributed by atoms with Gasteiger partial charge in [0.25, 0.3) is 5.22 Å². The fourth-order valence-corrected chi connectivity index (χ4v) is 3.90. The molecule has 1 aromatic heterocycles. The summed E-state index contributed by atoms with van der Waals surface area (Å²) in [6.45, 7) is 0. The Morgan fingerprint density at radius 2 is 2.21 bits per heavy atom. The van der Waals surface area contributed by atoms with Crippen LogP contribution in [0.25, 0.3) is 0 Å². The van der Waals surface area contributed by atoms with Crippen LogP contribution in [0.1, 0.15) is 35.1 Å². The van der Waals surface area contributed by atoms with Gasteiger partial charge in [0, 0.05) is 5.25 Å². The lowest BCUT2D eigenvalue weighted by molar-refractivity contribution is 0.425. The number of aromatic nitrogens is 2. The van der Waals surface area contributed by atoms with E-state index in [0.29, 0.717) is 10.5 Å². The van der Waals surface area contributed by atoms with Gasteiger partial charge in [-0.3, -0.25) is 0 Å². The van der Waals surface area contributed by atoms with Crippen molar-refractivity contribution in [1.29, 1.82) is 0 Å². The second-order valence-electron chi connectivity index (χ2n) is 4.59. The van der Waals surface area contributed by atoms with E-state index in [1.165, 1.54) is 30.4 Å². The van der Waals surface area contributed by atoms with Crippen LogP contribution in [0.3, 0.4) is 0 Å². The van der Waals surface area contributed by atoms with E-state index in [9.17, 15) is 0 Å². The van der Waals surface area contributed by atoms with Gasteiger partial charge >= 0.3 is 0 Å². The van der Waals surface area contributed by atoms with Gasteiger partial charge < -0.3 is 4.42 Å². The molecule has 3 nitrogen and oxygen atoms in total. The van der Waals surface area contributed by atoms with E-state index in [4.69, 9.17) is 4.42 Å². The Morgan fingerprint density at radius 1 is 1.32 bits per heavy atom. The summed E-state index contributed by atoms with van der Waals surface area (Å²) < 4.78 is 5.66. The number of nitrogens with zero attached hydrogens (tertiary/aromatic N) is 2. The molecular formula is C14H16N2OS2. The van der Waals surface area contributed by atoms with E-state index in [1.54, 1.807) is 23.5 Å². The molecule has 1 atom stereocenters. The number of rotatable bonds is 4. The van der Waals surface area contributed by atoms with Gasteiger partial charge in [-0.15, -0.1) is 10.2 Å². The molecular weight excluding hydrogens is 276 g/mol. The van der Waals surface area contributed by atoms with E-state index < -0.39 is 0 Å². The van der Waals surface area contributed by atoms with Crippen molar-refractivity contribution in [3.8, 4) is 0 Å². The van der Waals surface area contributed by atoms with Gasteiger partial charge in [0.05, 0.1) is 5.75 Å². The SMILES string of the molecule is CSCc1nnc(S[C@@H]2CCCc3ccccc32)o1. The molecule has 1 aliphatic rings. The summed E-state index contributed by atoms with van der Waals surface area (Å²) in [4.78, 5) is 0. The van der Waals surface area contributed by atoms with Crippen LogP contribution in [0.15, 0.2) is 33.9 Å². The minimum Gasteiger partial charge on any atom is -0.415 e. The second kappa shape index (κ2) is 6.01. The van der Waals surface area contributed by atoms with Crippen LogP contribution in [0.5, 0.6) is 0 Å². The van der Waals surface area contributed by atoms with Gasteiger partial charge in [-0.25, -0.2) is 0 Å². The molecule has 2 aromatic rings. The van der Waals surface area contributed by atoms with Crippen LogP contribution in [0.2, 0.25) is 0 Å². The number of aryl methyl sites for hydroxylation is 1. The molecule has 0 saturated carbocycles. The molecule has 1 aliphatic carbocycles. The minimum absolute atomic E-state index is 0.451. The molecule has 0 bridgehead atoms. The largest absolute Gasteiger partial charge is 0.415 e. The van der Waals surface area contributed by atoms with Gasteiger partial charge in [-0.1, -0.05) is 36.0 Å². The molecule has 19 heavy (non-hydrogen) atoms. The number of thioether (sulfide) groups is 2. The van der Waals surface area contributed by atoms with Crippen LogP contribution < -0.4 is 0 Å². The summed E-state index contributed by atoms with van der Waals surface area (Å²) >= 11 is 3.40. The standard InChI is InChI=1S/C14H16N2OS2/c1-18-9-13-15-16-14(17-13)19-12-8-4-6-10-5-2-3-7-11(10)12/h2-3,5,7,12H,4,6,8-9H2,1H3/t12-/m1/s1. The summed E-state index contributed by atoms with van der Waals surface area (Å²) in [7, 11) is 0. The highest BCUT2D eigenvalue weighted by atomic mass is 32.2. The lowest BCUT2D eigenvalue weighted by atomic mass is 9.91. The number of hydrogen-bond donors (Lipinski definition) is 0. The fraction of sp³-hybridized carbons (Fsp3) is 0.429. The predicted octanol–water partition coefficient (Wildman–Crippen LogP) is 4.10. The Bertz CT molecular complexity index is 556. The summed E-state index contributed by atoms with van der Waals surface area (Å²) in [6.07, 6.45) is 5.64. The molecule has 0 unspecified atom stereocenters. The molecule has 3 rings (SSSR count). The quantitative estimate of drug-likeness (QED) is 0.848. The lowest BCUT2D eigenvalue weighted by Gasteiger charge is -2.23. The maximum atomic E-state index is 5.66. The maximum absolute atomic E-state index is 5.66. The summed E-state index contributed by atoms with van der Waals surface area (Å²) in [5.41, 5.74) is 2.90. The number of benzene rings is 1. The highest BCUT2D eigenvalue weighted by Crippen LogP contribution is 2.42. The van der Waals surface area contributed by atoms with Gasteiger partial charge in [0.1, 0.15) is 0 Å². The first-order chi connectivity index (χ1) is 9.36. The smallest absolute Gasteiger partial charge is 0.277 e. The molecule has 1 aromatic carbocycles. The summed E-state index contributed by atoms with van der Waals surface area (Å²) in [6, 6.07) is 8.69. The third-order valence-corrected chi connectivity index (χ3v) is 4.95. The normalized spacial score (nSPS) is 18.3. The summed E-state index contributed by atoms with van der Waals surface area (Å²) in [5, 5.41) is 9.36. The molecule has 0 spiro atoms.